The van der Waals surface area contributed by atoms with Gasteiger partial charge in [-0.1, -0.05) is 23.8 Å². The lowest BCUT2D eigenvalue weighted by Gasteiger charge is -2.41. The van der Waals surface area contributed by atoms with Crippen LogP contribution < -0.4 is 4.90 Å². The standard InChI is InChI=1S/C22H26FN3O2/c1-16-4-9-20-19(14-16)21(27)26(15-17-5-7-18(23)8-6-17)22(28)25(20)13-12-24-10-2-3-11-24/h4-9,14,21,27H,2-3,10-13,15H2,1H3. The minimum Gasteiger partial charge on any atom is -0.369 e. The zero-order valence-corrected chi connectivity index (χ0v) is 16.1. The second-order valence-electron chi connectivity index (χ2n) is 7.67. The van der Waals surface area contributed by atoms with Crippen LogP contribution in [0.2, 0.25) is 0 Å². The Morgan fingerprint density at radius 2 is 1.79 bits per heavy atom. The second-order valence-corrected chi connectivity index (χ2v) is 7.67. The zero-order valence-electron chi connectivity index (χ0n) is 16.1. The molecule has 1 unspecified atom stereocenters. The van der Waals surface area contributed by atoms with Crippen LogP contribution in [-0.4, -0.2) is 47.1 Å². The van der Waals surface area contributed by atoms with Gasteiger partial charge in [0.05, 0.1) is 12.2 Å². The molecule has 0 saturated carbocycles. The van der Waals surface area contributed by atoms with Gasteiger partial charge < -0.3 is 10.0 Å². The Labute approximate surface area is 165 Å². The summed E-state index contributed by atoms with van der Waals surface area (Å²) >= 11 is 0. The molecule has 1 atom stereocenters. The fourth-order valence-corrected chi connectivity index (χ4v) is 4.06. The topological polar surface area (TPSA) is 47.0 Å². The van der Waals surface area contributed by atoms with E-state index in [2.05, 4.69) is 4.90 Å². The summed E-state index contributed by atoms with van der Waals surface area (Å²) in [5.74, 6) is -0.317. The predicted octanol–water partition coefficient (Wildman–Crippen LogP) is 3.66. The fraction of sp³-hybridized carbons (Fsp3) is 0.409. The molecule has 2 aromatic rings. The van der Waals surface area contributed by atoms with Gasteiger partial charge in [-0.25, -0.2) is 9.18 Å². The SMILES string of the molecule is Cc1ccc2c(c1)C(O)N(Cc1ccc(F)cc1)C(=O)N2CCN1CCCC1. The number of nitrogens with zero attached hydrogens (tertiary/aromatic N) is 3. The third-order valence-corrected chi connectivity index (χ3v) is 5.63. The van der Waals surface area contributed by atoms with E-state index < -0.39 is 6.23 Å². The van der Waals surface area contributed by atoms with Gasteiger partial charge in [0.2, 0.25) is 0 Å². The molecule has 28 heavy (non-hydrogen) atoms. The van der Waals surface area contributed by atoms with E-state index in [1.165, 1.54) is 29.9 Å². The molecule has 6 heteroatoms. The molecule has 148 valence electrons. The maximum absolute atomic E-state index is 13.3. The number of likely N-dealkylation sites (tertiary alicyclic amines) is 1. The van der Waals surface area contributed by atoms with E-state index in [0.717, 1.165) is 42.0 Å². The number of aryl methyl sites for hydroxylation is 1. The molecule has 0 aromatic heterocycles. The molecule has 1 N–H and O–H groups in total. The monoisotopic (exact) mass is 383 g/mol. The molecule has 2 amide bonds. The molecule has 4 rings (SSSR count). The number of benzene rings is 2. The summed E-state index contributed by atoms with van der Waals surface area (Å²) in [7, 11) is 0. The zero-order chi connectivity index (χ0) is 19.7. The normalized spacial score (nSPS) is 20.0. The molecule has 2 aliphatic heterocycles. The maximum atomic E-state index is 13.3. The largest absolute Gasteiger partial charge is 0.369 e. The van der Waals surface area contributed by atoms with Crippen LogP contribution in [0.1, 0.15) is 35.8 Å². The van der Waals surface area contributed by atoms with Crippen molar-refractivity contribution >= 4 is 11.7 Å². The number of carbonyl (C=O) groups excluding carboxylic acids is 1. The number of hydrogen-bond acceptors (Lipinski definition) is 3. The van der Waals surface area contributed by atoms with Crippen molar-refractivity contribution in [2.24, 2.45) is 0 Å². The van der Waals surface area contributed by atoms with E-state index in [1.807, 2.05) is 25.1 Å². The Morgan fingerprint density at radius 3 is 2.50 bits per heavy atom. The first-order valence-electron chi connectivity index (χ1n) is 9.86. The van der Waals surface area contributed by atoms with Gasteiger partial charge in [0.25, 0.3) is 0 Å². The smallest absolute Gasteiger partial charge is 0.327 e. The Balaban J connectivity index is 1.61. The van der Waals surface area contributed by atoms with E-state index in [4.69, 9.17) is 0 Å². The third kappa shape index (κ3) is 3.75. The van der Waals surface area contributed by atoms with Crippen LogP contribution in [0.4, 0.5) is 14.9 Å². The fourth-order valence-electron chi connectivity index (χ4n) is 4.06. The van der Waals surface area contributed by atoms with Crippen molar-refractivity contribution in [2.45, 2.75) is 32.5 Å². The summed E-state index contributed by atoms with van der Waals surface area (Å²) in [6.45, 7) is 5.76. The summed E-state index contributed by atoms with van der Waals surface area (Å²) in [5, 5.41) is 10.9. The van der Waals surface area contributed by atoms with Gasteiger partial charge in [0.1, 0.15) is 5.82 Å². The van der Waals surface area contributed by atoms with Crippen molar-refractivity contribution in [3.63, 3.8) is 0 Å². The lowest BCUT2D eigenvalue weighted by atomic mass is 10.0. The average molecular weight is 383 g/mol. The van der Waals surface area contributed by atoms with Crippen molar-refractivity contribution in [3.8, 4) is 0 Å². The molecular weight excluding hydrogens is 357 g/mol. The summed E-state index contributed by atoms with van der Waals surface area (Å²) < 4.78 is 13.2. The number of rotatable bonds is 5. The van der Waals surface area contributed by atoms with E-state index in [9.17, 15) is 14.3 Å². The Bertz CT molecular complexity index is 849. The number of fused-ring (bicyclic) bond motifs is 1. The first kappa shape index (κ1) is 18.9. The number of amides is 2. The highest BCUT2D eigenvalue weighted by Gasteiger charge is 2.36. The highest BCUT2D eigenvalue weighted by atomic mass is 19.1. The molecular formula is C22H26FN3O2. The van der Waals surface area contributed by atoms with Crippen LogP contribution in [0.5, 0.6) is 0 Å². The molecule has 2 heterocycles. The number of halogens is 1. The van der Waals surface area contributed by atoms with E-state index in [-0.39, 0.29) is 18.4 Å². The van der Waals surface area contributed by atoms with Crippen molar-refractivity contribution in [1.29, 1.82) is 0 Å². The number of aliphatic hydroxyl groups is 1. The van der Waals surface area contributed by atoms with Crippen LogP contribution in [0, 0.1) is 12.7 Å². The van der Waals surface area contributed by atoms with Crippen LogP contribution in [-0.2, 0) is 6.54 Å². The highest BCUT2D eigenvalue weighted by Crippen LogP contribution is 2.36. The number of carbonyl (C=O) groups is 1. The second kappa shape index (κ2) is 7.89. The number of hydrogen-bond donors (Lipinski definition) is 1. The van der Waals surface area contributed by atoms with Crippen molar-refractivity contribution in [2.75, 3.05) is 31.1 Å². The molecule has 0 bridgehead atoms. The van der Waals surface area contributed by atoms with Crippen LogP contribution >= 0.6 is 0 Å². The molecule has 5 nitrogen and oxygen atoms in total. The molecule has 0 aliphatic carbocycles. The Hall–Kier alpha value is -2.44. The quantitative estimate of drug-likeness (QED) is 0.857. The number of aliphatic hydroxyl groups excluding tert-OH is 1. The van der Waals surface area contributed by atoms with Gasteiger partial charge in [0.15, 0.2) is 6.23 Å². The van der Waals surface area contributed by atoms with E-state index in [1.54, 1.807) is 17.0 Å². The van der Waals surface area contributed by atoms with Gasteiger partial charge in [-0.15, -0.1) is 0 Å². The first-order chi connectivity index (χ1) is 13.5. The lowest BCUT2D eigenvalue weighted by Crippen LogP contribution is -2.51. The number of urea groups is 1. The van der Waals surface area contributed by atoms with Gasteiger partial charge in [-0.05, 0) is 62.7 Å². The molecule has 0 radical (unpaired) electrons. The molecule has 1 saturated heterocycles. The van der Waals surface area contributed by atoms with Gasteiger partial charge >= 0.3 is 6.03 Å². The summed E-state index contributed by atoms with van der Waals surface area (Å²) in [6, 6.07) is 11.7. The molecule has 0 spiro atoms. The average Bonchev–Trinajstić information content (AvgIpc) is 3.20. The summed E-state index contributed by atoms with van der Waals surface area (Å²) in [4.78, 5) is 18.9. The lowest BCUT2D eigenvalue weighted by molar-refractivity contribution is 0.0223. The minimum atomic E-state index is -1.02. The van der Waals surface area contributed by atoms with Crippen molar-refractivity contribution in [1.82, 2.24) is 9.80 Å². The summed E-state index contributed by atoms with van der Waals surface area (Å²) in [6.07, 6.45) is 1.40. The number of anilines is 1. The Kier molecular flexibility index (Phi) is 5.33. The van der Waals surface area contributed by atoms with E-state index >= 15 is 0 Å². The van der Waals surface area contributed by atoms with Crippen molar-refractivity contribution in [3.05, 3.63) is 65.0 Å². The van der Waals surface area contributed by atoms with Gasteiger partial charge in [-0.2, -0.15) is 0 Å². The highest BCUT2D eigenvalue weighted by molar-refractivity contribution is 5.95. The summed E-state index contributed by atoms with van der Waals surface area (Å²) in [5.41, 5.74) is 3.33. The predicted molar refractivity (Wildman–Crippen MR) is 106 cm³/mol. The van der Waals surface area contributed by atoms with Crippen LogP contribution in [0.15, 0.2) is 42.5 Å². The molecule has 1 fully saturated rings. The van der Waals surface area contributed by atoms with Gasteiger partial charge in [-0.3, -0.25) is 9.80 Å². The van der Waals surface area contributed by atoms with Gasteiger partial charge in [0, 0.05) is 18.7 Å². The molecule has 2 aliphatic rings. The molecule has 2 aromatic carbocycles. The minimum absolute atomic E-state index is 0.215. The van der Waals surface area contributed by atoms with Crippen LogP contribution in [0.25, 0.3) is 0 Å². The maximum Gasteiger partial charge on any atom is 0.327 e. The van der Waals surface area contributed by atoms with Crippen LogP contribution in [0.3, 0.4) is 0 Å². The Morgan fingerprint density at radius 1 is 1.07 bits per heavy atom. The third-order valence-electron chi connectivity index (χ3n) is 5.63. The van der Waals surface area contributed by atoms with Crippen molar-refractivity contribution < 1.29 is 14.3 Å². The van der Waals surface area contributed by atoms with E-state index in [0.29, 0.717) is 6.54 Å². The first-order valence-corrected chi connectivity index (χ1v) is 9.86.